The van der Waals surface area contributed by atoms with Crippen molar-refractivity contribution in [3.8, 4) is 12.3 Å². The minimum absolute atomic E-state index is 0.117. The first kappa shape index (κ1) is 27.8. The van der Waals surface area contributed by atoms with E-state index in [1.807, 2.05) is 0 Å². The van der Waals surface area contributed by atoms with Crippen LogP contribution in [0.4, 0.5) is 5.82 Å². The Labute approximate surface area is 185 Å². The second-order valence-corrected chi connectivity index (χ2v) is 11.2. The summed E-state index contributed by atoms with van der Waals surface area (Å²) in [6, 6.07) is 1.29. The molecule has 0 aromatic carbocycles. The summed E-state index contributed by atoms with van der Waals surface area (Å²) in [5.41, 5.74) is 8.75. The van der Waals surface area contributed by atoms with Crippen LogP contribution < -0.4 is 17.2 Å². The highest BCUT2D eigenvalue weighted by molar-refractivity contribution is 7.66. The van der Waals surface area contributed by atoms with E-state index in [9.17, 15) is 33.4 Å². The predicted molar refractivity (Wildman–Crippen MR) is 108 cm³/mol. The van der Waals surface area contributed by atoms with Gasteiger partial charge in [-0.25, -0.2) is 18.5 Å². The van der Waals surface area contributed by atoms with E-state index in [0.717, 1.165) is 11.5 Å². The molecule has 9 N–H and O–H groups in total. The van der Waals surface area contributed by atoms with Gasteiger partial charge in [0.15, 0.2) is 11.8 Å². The van der Waals surface area contributed by atoms with Gasteiger partial charge in [-0.15, -0.1) is 6.42 Å². The van der Waals surface area contributed by atoms with Crippen LogP contribution in [0.2, 0.25) is 0 Å². The van der Waals surface area contributed by atoms with Crippen LogP contribution in [0.5, 0.6) is 0 Å². The van der Waals surface area contributed by atoms with Crippen molar-refractivity contribution in [3.63, 3.8) is 0 Å². The fourth-order valence-electron chi connectivity index (χ4n) is 3.04. The molecule has 17 nitrogen and oxygen atoms in total. The normalized spacial score (nSPS) is 30.2. The van der Waals surface area contributed by atoms with Crippen molar-refractivity contribution >= 4 is 29.3 Å². The van der Waals surface area contributed by atoms with E-state index in [-0.39, 0.29) is 11.5 Å². The molecule has 186 valence electrons. The number of aryl methyl sites for hydroxylation is 1. The lowest BCUT2D eigenvalue weighted by molar-refractivity contribution is -0.0760. The number of aromatic nitrogens is 2. The third-order valence-electron chi connectivity index (χ3n) is 4.33. The number of hydrogen-bond acceptors (Lipinski definition) is 12. The third-order valence-corrected chi connectivity index (χ3v) is 8.25. The second-order valence-electron chi connectivity index (χ2n) is 6.85. The average molecular weight is 534 g/mol. The number of nitrogens with zero attached hydrogens (tertiary/aromatic N) is 2. The number of nitrogens with two attached hydrogens (primary N) is 2. The first-order valence-electron chi connectivity index (χ1n) is 8.60. The maximum absolute atomic E-state index is 12.3. The summed E-state index contributed by atoms with van der Waals surface area (Å²) in [5, 5.41) is 10.7. The fourth-order valence-corrected chi connectivity index (χ4v) is 6.24. The fraction of sp³-hybridized carbons (Fsp3) is 0.538. The van der Waals surface area contributed by atoms with Crippen molar-refractivity contribution in [2.75, 3.05) is 5.73 Å². The number of aliphatic hydroxyl groups excluding tert-OH is 1. The molecular formula is C13H21N4O13P3. The zero-order valence-corrected chi connectivity index (χ0v) is 19.5. The van der Waals surface area contributed by atoms with Gasteiger partial charge in [0.05, 0.1) is 6.10 Å². The number of nitrogen functional groups attached to an aromatic ring is 1. The van der Waals surface area contributed by atoms with Crippen LogP contribution in [0.3, 0.4) is 0 Å². The number of ether oxygens (including phenoxy) is 1. The molecule has 0 amide bonds. The Bertz CT molecular complexity index is 1160. The number of hydrogen-bond donors (Lipinski definition) is 7. The maximum Gasteiger partial charge on any atom is 0.490 e. The van der Waals surface area contributed by atoms with Crippen molar-refractivity contribution in [1.29, 1.82) is 0 Å². The van der Waals surface area contributed by atoms with Crippen LogP contribution in [0, 0.1) is 19.3 Å². The van der Waals surface area contributed by atoms with Gasteiger partial charge in [0.1, 0.15) is 18.0 Å². The molecule has 2 rings (SSSR count). The molecule has 20 heteroatoms. The molecule has 1 aromatic heterocycles. The summed E-state index contributed by atoms with van der Waals surface area (Å²) < 4.78 is 52.6. The van der Waals surface area contributed by atoms with E-state index in [1.165, 1.54) is 13.0 Å². The number of aliphatic hydroxyl groups is 1. The van der Waals surface area contributed by atoms with Gasteiger partial charge >= 0.3 is 29.2 Å². The van der Waals surface area contributed by atoms with Gasteiger partial charge in [-0.1, -0.05) is 5.92 Å². The average Bonchev–Trinajstić information content (AvgIpc) is 2.83. The van der Waals surface area contributed by atoms with Crippen molar-refractivity contribution in [2.45, 2.75) is 43.9 Å². The number of phosphoric ester groups is 1. The standard InChI is InChI=1S/C13H21N4O13P3/c1-4-13(15)10(18)9(27-11(13)17-6(2)5-8(14)16-12(17)19)7(3)28-32(23,24)30-33(25,26)29-31(20,21)22/h1,5,7,9-11,18H,15H2,2-3H3,(H,23,24)(H,25,26)(H2,14,16,19)(H2,20,21,22)/t7-,9?,10?,11-,13-/m1/s1. The molecule has 0 saturated carbocycles. The molecule has 1 saturated heterocycles. The number of phosphoric acid groups is 3. The lowest BCUT2D eigenvalue weighted by atomic mass is 9.90. The lowest BCUT2D eigenvalue weighted by Gasteiger charge is -2.29. The summed E-state index contributed by atoms with van der Waals surface area (Å²) >= 11 is 0. The van der Waals surface area contributed by atoms with Crippen LogP contribution in [0.15, 0.2) is 10.9 Å². The highest BCUT2D eigenvalue weighted by Crippen LogP contribution is 2.66. The monoisotopic (exact) mass is 534 g/mol. The van der Waals surface area contributed by atoms with Crippen LogP contribution in [-0.4, -0.2) is 58.1 Å². The Morgan fingerprint density at radius 3 is 2.33 bits per heavy atom. The highest BCUT2D eigenvalue weighted by Gasteiger charge is 2.57. The van der Waals surface area contributed by atoms with Gasteiger partial charge in [0.2, 0.25) is 0 Å². The predicted octanol–water partition coefficient (Wildman–Crippen LogP) is -1.55. The molecule has 1 aliphatic rings. The van der Waals surface area contributed by atoms with E-state index in [2.05, 4.69) is 24.0 Å². The zero-order chi connectivity index (χ0) is 25.6. The Kier molecular flexibility index (Phi) is 7.82. The van der Waals surface area contributed by atoms with Gasteiger partial charge in [-0.2, -0.15) is 13.6 Å². The molecule has 0 radical (unpaired) electrons. The van der Waals surface area contributed by atoms with Gasteiger partial charge in [0, 0.05) is 5.69 Å². The topological polar surface area (TPSA) is 276 Å². The Hall–Kier alpha value is -1.47. The van der Waals surface area contributed by atoms with E-state index >= 15 is 0 Å². The molecule has 0 bridgehead atoms. The number of anilines is 1. The van der Waals surface area contributed by atoms with Gasteiger partial charge in [-0.05, 0) is 19.9 Å². The van der Waals surface area contributed by atoms with Crippen LogP contribution in [0.25, 0.3) is 0 Å². The number of rotatable bonds is 8. The van der Waals surface area contributed by atoms with Crippen molar-refractivity contribution in [1.82, 2.24) is 9.55 Å². The third kappa shape index (κ3) is 6.36. The summed E-state index contributed by atoms with van der Waals surface area (Å²) in [6.07, 6.45) is -1.23. The van der Waals surface area contributed by atoms with Crippen LogP contribution >= 0.6 is 23.5 Å². The molecule has 1 fully saturated rings. The molecule has 4 unspecified atom stereocenters. The molecular weight excluding hydrogens is 513 g/mol. The van der Waals surface area contributed by atoms with Crippen molar-refractivity contribution < 1.29 is 56.3 Å². The summed E-state index contributed by atoms with van der Waals surface area (Å²) in [4.78, 5) is 51.9. The van der Waals surface area contributed by atoms with E-state index in [0.29, 0.717) is 0 Å². The van der Waals surface area contributed by atoms with E-state index in [1.54, 1.807) is 0 Å². The van der Waals surface area contributed by atoms with Gasteiger partial charge < -0.3 is 40.9 Å². The van der Waals surface area contributed by atoms with E-state index < -0.39 is 59.2 Å². The van der Waals surface area contributed by atoms with Crippen LogP contribution in [0.1, 0.15) is 18.8 Å². The largest absolute Gasteiger partial charge is 0.490 e. The SMILES string of the molecule is C#C[C@@]1(N)C(O)C([C@@H](C)OP(=O)(O)OP(=O)(O)OP(=O)(O)O)O[C@H]1n1c(C)cc(N)nc1=O. The molecule has 1 aromatic rings. The minimum Gasteiger partial charge on any atom is -0.387 e. The molecule has 0 aliphatic carbocycles. The number of terminal acetylenes is 1. The minimum atomic E-state index is -5.77. The first-order valence-corrected chi connectivity index (χ1v) is 13.1. The van der Waals surface area contributed by atoms with Gasteiger partial charge in [0.25, 0.3) is 0 Å². The second kappa shape index (κ2) is 9.29. The molecule has 7 atom stereocenters. The molecule has 33 heavy (non-hydrogen) atoms. The summed E-state index contributed by atoms with van der Waals surface area (Å²) in [6.45, 7) is 2.48. The highest BCUT2D eigenvalue weighted by atomic mass is 31.3. The maximum atomic E-state index is 12.3. The first-order chi connectivity index (χ1) is 14.8. The lowest BCUT2D eigenvalue weighted by Crippen LogP contribution is -2.55. The summed E-state index contributed by atoms with van der Waals surface area (Å²) in [5.74, 6) is 1.98. The Morgan fingerprint density at radius 1 is 1.27 bits per heavy atom. The quantitative estimate of drug-likeness (QED) is 0.147. The van der Waals surface area contributed by atoms with Gasteiger partial charge in [-0.3, -0.25) is 9.09 Å². The molecule has 2 heterocycles. The molecule has 1 aliphatic heterocycles. The summed E-state index contributed by atoms with van der Waals surface area (Å²) in [7, 11) is -16.9. The molecule has 0 spiro atoms. The smallest absolute Gasteiger partial charge is 0.387 e. The van der Waals surface area contributed by atoms with Crippen molar-refractivity contribution in [2.24, 2.45) is 5.73 Å². The Morgan fingerprint density at radius 2 is 1.85 bits per heavy atom. The van der Waals surface area contributed by atoms with E-state index in [4.69, 9.17) is 32.4 Å². The Balaban J connectivity index is 2.32. The van der Waals surface area contributed by atoms with Crippen molar-refractivity contribution in [3.05, 3.63) is 22.2 Å². The zero-order valence-electron chi connectivity index (χ0n) is 16.9. The van der Waals surface area contributed by atoms with Crippen LogP contribution in [-0.2, 0) is 31.6 Å².